The molecule has 0 unspecified atom stereocenters. The van der Waals surface area contributed by atoms with E-state index in [-0.39, 0.29) is 5.97 Å². The Labute approximate surface area is 148 Å². The van der Waals surface area contributed by atoms with Gasteiger partial charge in [0.2, 0.25) is 0 Å². The van der Waals surface area contributed by atoms with Crippen molar-refractivity contribution >= 4 is 5.97 Å². The van der Waals surface area contributed by atoms with E-state index in [1.165, 1.54) is 7.11 Å². The molecule has 0 N–H and O–H groups in total. The normalized spacial score (nSPS) is 12.9. The van der Waals surface area contributed by atoms with E-state index in [9.17, 15) is 4.79 Å². The Morgan fingerprint density at radius 2 is 0.958 bits per heavy atom. The summed E-state index contributed by atoms with van der Waals surface area (Å²) in [7, 11) is 1.40. The predicted molar refractivity (Wildman–Crippen MR) is 105 cm³/mol. The Bertz CT molecular complexity index is 462. The van der Waals surface area contributed by atoms with Crippen LogP contribution in [0, 0.1) is 0 Å². The van der Waals surface area contributed by atoms with Gasteiger partial charge in [-0.3, -0.25) is 4.79 Å². The molecule has 0 amide bonds. The van der Waals surface area contributed by atoms with Crippen molar-refractivity contribution in [2.24, 2.45) is 0 Å². The fourth-order valence-electron chi connectivity index (χ4n) is 1.78. The first-order valence-corrected chi connectivity index (χ1v) is 8.78. The first-order chi connectivity index (χ1) is 11.8. The topological polar surface area (TPSA) is 26.3 Å². The van der Waals surface area contributed by atoms with Crippen molar-refractivity contribution in [3.8, 4) is 0 Å². The van der Waals surface area contributed by atoms with Crippen LogP contribution in [0.25, 0.3) is 0 Å². The van der Waals surface area contributed by atoms with Crippen LogP contribution in [0.3, 0.4) is 0 Å². The highest BCUT2D eigenvalue weighted by Crippen LogP contribution is 1.97. The molecule has 0 rings (SSSR count). The van der Waals surface area contributed by atoms with Gasteiger partial charge in [0.15, 0.2) is 0 Å². The molecule has 24 heavy (non-hydrogen) atoms. The van der Waals surface area contributed by atoms with Crippen LogP contribution in [0.15, 0.2) is 72.9 Å². The van der Waals surface area contributed by atoms with E-state index in [1.807, 2.05) is 12.2 Å². The summed E-state index contributed by atoms with van der Waals surface area (Å²) in [5, 5.41) is 0. The van der Waals surface area contributed by atoms with Crippen molar-refractivity contribution in [2.45, 2.75) is 51.9 Å². The first kappa shape index (κ1) is 21.9. The first-order valence-electron chi connectivity index (χ1n) is 8.78. The molecular weight excluding hydrogens is 296 g/mol. The summed E-state index contributed by atoms with van der Waals surface area (Å²) in [5.74, 6) is -0.199. The fourth-order valence-corrected chi connectivity index (χ4v) is 1.78. The summed E-state index contributed by atoms with van der Waals surface area (Å²) in [6, 6.07) is 0. The molecule has 0 aromatic rings. The van der Waals surface area contributed by atoms with E-state index in [0.717, 1.165) is 38.5 Å². The van der Waals surface area contributed by atoms with E-state index in [4.69, 9.17) is 0 Å². The molecule has 0 saturated carbocycles. The lowest BCUT2D eigenvalue weighted by atomic mass is 10.2. The lowest BCUT2D eigenvalue weighted by Gasteiger charge is -1.90. The molecule has 0 saturated heterocycles. The van der Waals surface area contributed by atoms with Crippen molar-refractivity contribution in [1.82, 2.24) is 0 Å². The smallest absolute Gasteiger partial charge is 0.309 e. The van der Waals surface area contributed by atoms with Gasteiger partial charge in [-0.2, -0.15) is 0 Å². The largest absolute Gasteiger partial charge is 0.469 e. The molecule has 0 aromatic heterocycles. The van der Waals surface area contributed by atoms with Gasteiger partial charge < -0.3 is 4.74 Å². The Kier molecular flexibility index (Phi) is 17.3. The molecule has 0 atom stereocenters. The summed E-state index contributed by atoms with van der Waals surface area (Å²) in [5.41, 5.74) is 0. The van der Waals surface area contributed by atoms with Crippen LogP contribution in [-0.2, 0) is 9.53 Å². The van der Waals surface area contributed by atoms with E-state index < -0.39 is 0 Å². The van der Waals surface area contributed by atoms with E-state index in [2.05, 4.69) is 72.4 Å². The van der Waals surface area contributed by atoms with Crippen LogP contribution in [-0.4, -0.2) is 13.1 Å². The number of hydrogen-bond acceptors (Lipinski definition) is 2. The standard InChI is InChI=1S/C22H32O2/c1-3-4-5-6-7-8-9-10-11-12-13-14-15-16-17-18-19-20-21-22(23)24-2/h4-5,7-8,10-11,13-14,16-17,19-20H,3,6,9,12,15,18,21H2,1-2H3/b5-4-,8-7-,11-10-,14-13-,17-16-,20-19-. The highest BCUT2D eigenvalue weighted by atomic mass is 16.5. The highest BCUT2D eigenvalue weighted by molar-refractivity contribution is 5.70. The molecule has 0 aliphatic rings. The third-order valence-corrected chi connectivity index (χ3v) is 3.11. The molecule has 0 aliphatic heterocycles. The van der Waals surface area contributed by atoms with Gasteiger partial charge in [0.1, 0.15) is 0 Å². The van der Waals surface area contributed by atoms with Gasteiger partial charge in [-0.25, -0.2) is 0 Å². The lowest BCUT2D eigenvalue weighted by Crippen LogP contribution is -1.96. The molecule has 0 fully saturated rings. The molecular formula is C22H32O2. The molecule has 2 nitrogen and oxygen atoms in total. The number of esters is 1. The third-order valence-electron chi connectivity index (χ3n) is 3.11. The summed E-state index contributed by atoms with van der Waals surface area (Å²) in [6.07, 6.45) is 31.9. The van der Waals surface area contributed by atoms with Gasteiger partial charge >= 0.3 is 5.97 Å². The molecule has 0 aliphatic carbocycles. The van der Waals surface area contributed by atoms with Crippen LogP contribution >= 0.6 is 0 Å². The molecule has 0 aromatic carbocycles. The Balaban J connectivity index is 3.54. The van der Waals surface area contributed by atoms with E-state index in [1.54, 1.807) is 0 Å². The van der Waals surface area contributed by atoms with Gasteiger partial charge in [-0.1, -0.05) is 79.8 Å². The average Bonchev–Trinajstić information content (AvgIpc) is 2.60. The summed E-state index contributed by atoms with van der Waals surface area (Å²) >= 11 is 0. The zero-order chi connectivity index (χ0) is 17.7. The predicted octanol–water partition coefficient (Wildman–Crippen LogP) is 6.25. The lowest BCUT2D eigenvalue weighted by molar-refractivity contribution is -0.139. The highest BCUT2D eigenvalue weighted by Gasteiger charge is 1.92. The minimum atomic E-state index is -0.199. The van der Waals surface area contributed by atoms with E-state index >= 15 is 0 Å². The van der Waals surface area contributed by atoms with Gasteiger partial charge in [-0.05, 0) is 38.5 Å². The van der Waals surface area contributed by atoms with Crippen molar-refractivity contribution < 1.29 is 9.53 Å². The summed E-state index contributed by atoms with van der Waals surface area (Å²) in [4.78, 5) is 10.9. The van der Waals surface area contributed by atoms with Crippen LogP contribution in [0.1, 0.15) is 51.9 Å². The zero-order valence-corrected chi connectivity index (χ0v) is 15.2. The number of allylic oxidation sites excluding steroid dienone is 11. The number of ether oxygens (including phenoxy) is 1. The zero-order valence-electron chi connectivity index (χ0n) is 15.2. The van der Waals surface area contributed by atoms with Crippen LogP contribution in [0.4, 0.5) is 0 Å². The minimum Gasteiger partial charge on any atom is -0.469 e. The van der Waals surface area contributed by atoms with Crippen LogP contribution in [0.5, 0.6) is 0 Å². The maximum Gasteiger partial charge on any atom is 0.309 e. The summed E-state index contributed by atoms with van der Waals surface area (Å²) < 4.78 is 4.55. The van der Waals surface area contributed by atoms with Crippen molar-refractivity contribution in [1.29, 1.82) is 0 Å². The molecule has 132 valence electrons. The maximum absolute atomic E-state index is 10.9. The molecule has 0 heterocycles. The maximum atomic E-state index is 10.9. The number of methoxy groups -OCH3 is 1. The SMILES string of the molecule is CC/C=C\C/C=C\C/C=C\C/C=C\C/C=C\C/C=C\CC(=O)OC. The van der Waals surface area contributed by atoms with Gasteiger partial charge in [-0.15, -0.1) is 0 Å². The second-order valence-corrected chi connectivity index (χ2v) is 5.20. The summed E-state index contributed by atoms with van der Waals surface area (Å²) in [6.45, 7) is 2.15. The fraction of sp³-hybridized carbons (Fsp3) is 0.409. The molecule has 0 spiro atoms. The van der Waals surface area contributed by atoms with Gasteiger partial charge in [0, 0.05) is 0 Å². The van der Waals surface area contributed by atoms with Crippen molar-refractivity contribution in [3.63, 3.8) is 0 Å². The van der Waals surface area contributed by atoms with Crippen molar-refractivity contribution in [3.05, 3.63) is 72.9 Å². The van der Waals surface area contributed by atoms with Gasteiger partial charge in [0.25, 0.3) is 0 Å². The monoisotopic (exact) mass is 328 g/mol. The quantitative estimate of drug-likeness (QED) is 0.295. The Hall–Kier alpha value is -2.09. The van der Waals surface area contributed by atoms with Crippen molar-refractivity contribution in [2.75, 3.05) is 7.11 Å². The number of rotatable bonds is 13. The average molecular weight is 328 g/mol. The van der Waals surface area contributed by atoms with E-state index in [0.29, 0.717) is 6.42 Å². The number of hydrogen-bond donors (Lipinski definition) is 0. The molecule has 0 radical (unpaired) electrons. The van der Waals surface area contributed by atoms with Crippen LogP contribution < -0.4 is 0 Å². The second kappa shape index (κ2) is 19.0. The minimum absolute atomic E-state index is 0.199. The molecule has 2 heteroatoms. The second-order valence-electron chi connectivity index (χ2n) is 5.20. The number of carbonyl (C=O) groups is 1. The Morgan fingerprint density at radius 1 is 0.625 bits per heavy atom. The molecule has 0 bridgehead atoms. The van der Waals surface area contributed by atoms with Crippen LogP contribution in [0.2, 0.25) is 0 Å². The third kappa shape index (κ3) is 18.0. The van der Waals surface area contributed by atoms with Gasteiger partial charge in [0.05, 0.1) is 13.5 Å². The number of carbonyl (C=O) groups excluding carboxylic acids is 1. The Morgan fingerprint density at radius 3 is 1.29 bits per heavy atom.